The van der Waals surface area contributed by atoms with Gasteiger partial charge in [0.2, 0.25) is 0 Å². The first kappa shape index (κ1) is 13.7. The van der Waals surface area contributed by atoms with E-state index >= 15 is 0 Å². The van der Waals surface area contributed by atoms with E-state index in [9.17, 15) is 0 Å². The van der Waals surface area contributed by atoms with E-state index in [1.54, 1.807) is 0 Å². The minimum Gasteiger partial charge on any atom is -0.370 e. The Hall–Kier alpha value is -0.990. The Labute approximate surface area is 131 Å². The predicted molar refractivity (Wildman–Crippen MR) is 86.9 cm³/mol. The van der Waals surface area contributed by atoms with Gasteiger partial charge in [-0.05, 0) is 49.9 Å². The molecule has 1 atom stereocenters. The van der Waals surface area contributed by atoms with Crippen molar-refractivity contribution < 1.29 is 4.74 Å². The van der Waals surface area contributed by atoms with Crippen LogP contribution in [0.1, 0.15) is 44.9 Å². The van der Waals surface area contributed by atoms with Crippen LogP contribution in [0.15, 0.2) is 30.5 Å². The van der Waals surface area contributed by atoms with Crippen molar-refractivity contribution in [1.82, 2.24) is 4.57 Å². The summed E-state index contributed by atoms with van der Waals surface area (Å²) in [5.74, 6) is 0. The molecule has 0 bridgehead atoms. The van der Waals surface area contributed by atoms with Crippen LogP contribution in [0, 0.1) is 0 Å². The number of benzene rings is 1. The van der Waals surface area contributed by atoms with Crippen LogP contribution in [0.25, 0.3) is 10.9 Å². The number of ether oxygens (including phenoxy) is 1. The molecule has 1 spiro atoms. The number of halogens is 1. The molecule has 2 aromatic rings. The lowest BCUT2D eigenvalue weighted by Gasteiger charge is -2.33. The fourth-order valence-corrected chi connectivity index (χ4v) is 4.32. The van der Waals surface area contributed by atoms with Gasteiger partial charge < -0.3 is 9.30 Å². The summed E-state index contributed by atoms with van der Waals surface area (Å²) in [4.78, 5) is 0. The molecule has 112 valence electrons. The lowest BCUT2D eigenvalue weighted by molar-refractivity contribution is -0.0676. The zero-order chi connectivity index (χ0) is 14.3. The Balaban J connectivity index is 1.50. The summed E-state index contributed by atoms with van der Waals surface area (Å²) < 4.78 is 8.81. The smallest absolute Gasteiger partial charge is 0.0762 e. The quantitative estimate of drug-likeness (QED) is 0.746. The second-order valence-electron chi connectivity index (χ2n) is 6.69. The highest BCUT2D eigenvalue weighted by molar-refractivity contribution is 6.31. The summed E-state index contributed by atoms with van der Waals surface area (Å²) in [5, 5.41) is 2.02. The van der Waals surface area contributed by atoms with E-state index in [1.165, 1.54) is 55.8 Å². The number of hydrogen-bond donors (Lipinski definition) is 0. The normalized spacial score (nSPS) is 24.9. The molecule has 2 heterocycles. The molecule has 2 fully saturated rings. The fourth-order valence-electron chi connectivity index (χ4n) is 4.14. The molecule has 1 aromatic carbocycles. The molecule has 0 amide bonds. The first-order chi connectivity index (χ1) is 10.2. The molecule has 1 aliphatic heterocycles. The van der Waals surface area contributed by atoms with Crippen molar-refractivity contribution in [2.45, 2.75) is 63.2 Å². The van der Waals surface area contributed by atoms with Gasteiger partial charge >= 0.3 is 0 Å². The number of hydrogen-bond acceptors (Lipinski definition) is 1. The average Bonchev–Trinajstić information content (AvgIpc) is 3.05. The molecule has 2 nitrogen and oxygen atoms in total. The molecule has 0 N–H and O–H groups in total. The van der Waals surface area contributed by atoms with Crippen LogP contribution in [0.4, 0.5) is 0 Å². The molecular formula is C18H22ClNO. The average molecular weight is 304 g/mol. The van der Waals surface area contributed by atoms with Gasteiger partial charge in [0, 0.05) is 28.7 Å². The molecule has 1 aromatic heterocycles. The van der Waals surface area contributed by atoms with Crippen molar-refractivity contribution >= 4 is 22.5 Å². The maximum absolute atomic E-state index is 6.49. The van der Waals surface area contributed by atoms with Gasteiger partial charge in [0.1, 0.15) is 0 Å². The number of rotatable bonds is 2. The third-order valence-corrected chi connectivity index (χ3v) is 5.47. The van der Waals surface area contributed by atoms with Crippen LogP contribution in [-0.4, -0.2) is 16.3 Å². The third kappa shape index (κ3) is 2.60. The first-order valence-electron chi connectivity index (χ1n) is 8.16. The molecule has 3 heteroatoms. The van der Waals surface area contributed by atoms with Gasteiger partial charge in [-0.2, -0.15) is 0 Å². The lowest BCUT2D eigenvalue weighted by Crippen LogP contribution is -2.32. The van der Waals surface area contributed by atoms with Crippen molar-refractivity contribution in [3.05, 3.63) is 35.5 Å². The van der Waals surface area contributed by atoms with Crippen molar-refractivity contribution in [2.24, 2.45) is 0 Å². The molecule has 2 aliphatic rings. The minimum atomic E-state index is 0.217. The van der Waals surface area contributed by atoms with Crippen LogP contribution in [0.2, 0.25) is 5.02 Å². The van der Waals surface area contributed by atoms with Crippen LogP contribution in [0.3, 0.4) is 0 Å². The number of aromatic nitrogens is 1. The molecule has 1 saturated heterocycles. The Bertz CT molecular complexity index is 642. The zero-order valence-corrected chi connectivity index (χ0v) is 13.1. The second-order valence-corrected chi connectivity index (χ2v) is 7.13. The van der Waals surface area contributed by atoms with E-state index in [4.69, 9.17) is 16.3 Å². The third-order valence-electron chi connectivity index (χ3n) is 5.24. The number of fused-ring (bicyclic) bond motifs is 1. The Morgan fingerprint density at radius 1 is 1.14 bits per heavy atom. The molecule has 4 rings (SSSR count). The van der Waals surface area contributed by atoms with E-state index < -0.39 is 0 Å². The Kier molecular flexibility index (Phi) is 3.47. The summed E-state index contributed by atoms with van der Waals surface area (Å²) in [6, 6.07) is 8.26. The summed E-state index contributed by atoms with van der Waals surface area (Å²) in [7, 11) is 0. The minimum absolute atomic E-state index is 0.217. The summed E-state index contributed by atoms with van der Waals surface area (Å²) in [6.07, 6.45) is 11.6. The second kappa shape index (κ2) is 5.33. The standard InChI is InChI=1S/C18H22ClNO/c19-15-4-5-17-14(12-15)7-11-20(17)13-16-6-10-18(21-16)8-2-1-3-9-18/h4-5,7,11-12,16H,1-3,6,8-10,13H2. The van der Waals surface area contributed by atoms with Gasteiger partial charge in [-0.25, -0.2) is 0 Å². The van der Waals surface area contributed by atoms with Crippen LogP contribution in [0.5, 0.6) is 0 Å². The van der Waals surface area contributed by atoms with Gasteiger partial charge in [-0.3, -0.25) is 0 Å². The van der Waals surface area contributed by atoms with Crippen LogP contribution >= 0.6 is 11.6 Å². The zero-order valence-electron chi connectivity index (χ0n) is 12.4. The summed E-state index contributed by atoms with van der Waals surface area (Å²) >= 11 is 6.06. The highest BCUT2D eigenvalue weighted by Gasteiger charge is 2.40. The Morgan fingerprint density at radius 2 is 2.00 bits per heavy atom. The molecule has 1 aliphatic carbocycles. The fraction of sp³-hybridized carbons (Fsp3) is 0.556. The van der Waals surface area contributed by atoms with Crippen LogP contribution in [-0.2, 0) is 11.3 Å². The van der Waals surface area contributed by atoms with E-state index in [-0.39, 0.29) is 5.60 Å². The lowest BCUT2D eigenvalue weighted by atomic mass is 9.83. The van der Waals surface area contributed by atoms with E-state index in [2.05, 4.69) is 22.9 Å². The summed E-state index contributed by atoms with van der Waals surface area (Å²) in [6.45, 7) is 0.965. The maximum Gasteiger partial charge on any atom is 0.0762 e. The molecule has 0 radical (unpaired) electrons. The van der Waals surface area contributed by atoms with E-state index in [0.717, 1.165) is 11.6 Å². The van der Waals surface area contributed by atoms with Crippen molar-refractivity contribution in [1.29, 1.82) is 0 Å². The van der Waals surface area contributed by atoms with Gasteiger partial charge in [0.05, 0.1) is 11.7 Å². The SMILES string of the molecule is Clc1ccc2c(ccn2CC2CCC3(CCCCC3)O2)c1. The largest absolute Gasteiger partial charge is 0.370 e. The van der Waals surface area contributed by atoms with E-state index in [1.807, 2.05) is 12.1 Å². The molecule has 1 saturated carbocycles. The monoisotopic (exact) mass is 303 g/mol. The predicted octanol–water partition coefficient (Wildman–Crippen LogP) is 5.18. The van der Waals surface area contributed by atoms with Crippen molar-refractivity contribution in [3.63, 3.8) is 0 Å². The topological polar surface area (TPSA) is 14.2 Å². The van der Waals surface area contributed by atoms with Crippen molar-refractivity contribution in [2.75, 3.05) is 0 Å². The van der Waals surface area contributed by atoms with Gasteiger partial charge in [-0.15, -0.1) is 0 Å². The summed E-state index contributed by atoms with van der Waals surface area (Å²) in [5.41, 5.74) is 1.47. The molecule has 21 heavy (non-hydrogen) atoms. The van der Waals surface area contributed by atoms with Gasteiger partial charge in [0.15, 0.2) is 0 Å². The van der Waals surface area contributed by atoms with Gasteiger partial charge in [-0.1, -0.05) is 30.9 Å². The molecular weight excluding hydrogens is 282 g/mol. The van der Waals surface area contributed by atoms with Crippen LogP contribution < -0.4 is 0 Å². The Morgan fingerprint density at radius 3 is 2.86 bits per heavy atom. The highest BCUT2D eigenvalue weighted by atomic mass is 35.5. The number of nitrogens with zero attached hydrogens (tertiary/aromatic N) is 1. The van der Waals surface area contributed by atoms with E-state index in [0.29, 0.717) is 6.10 Å². The van der Waals surface area contributed by atoms with Crippen molar-refractivity contribution in [3.8, 4) is 0 Å². The highest BCUT2D eigenvalue weighted by Crippen LogP contribution is 2.42. The first-order valence-corrected chi connectivity index (χ1v) is 8.54. The molecule has 1 unspecified atom stereocenters. The van der Waals surface area contributed by atoms with Gasteiger partial charge in [0.25, 0.3) is 0 Å². The maximum atomic E-state index is 6.49.